The van der Waals surface area contributed by atoms with Crippen LogP contribution in [-0.4, -0.2) is 38.7 Å². The third kappa shape index (κ3) is 5.10. The fourth-order valence-electron chi connectivity index (χ4n) is 4.19. The lowest BCUT2D eigenvalue weighted by molar-refractivity contribution is -0.125. The van der Waals surface area contributed by atoms with Crippen molar-refractivity contribution >= 4 is 17.6 Å². The molecule has 0 spiro atoms. The molecule has 0 saturated heterocycles. The Morgan fingerprint density at radius 1 is 1.09 bits per heavy atom. The number of rotatable bonds is 8. The monoisotopic (exact) mass is 433 g/mol. The summed E-state index contributed by atoms with van der Waals surface area (Å²) in [5, 5.41) is 7.72. The van der Waals surface area contributed by atoms with Crippen LogP contribution in [-0.2, 0) is 29.6 Å². The number of aryl methyl sites for hydroxylation is 3. The van der Waals surface area contributed by atoms with Crippen molar-refractivity contribution in [3.63, 3.8) is 0 Å². The Labute approximate surface area is 189 Å². The largest absolute Gasteiger partial charge is 0.354 e. The number of nitrogens with one attached hydrogen (secondary N) is 1. The highest BCUT2D eigenvalue weighted by atomic mass is 16.2. The molecule has 0 bridgehead atoms. The minimum Gasteiger partial charge on any atom is -0.354 e. The van der Waals surface area contributed by atoms with Gasteiger partial charge in [0.05, 0.1) is 5.69 Å². The molecule has 1 aromatic carbocycles. The van der Waals surface area contributed by atoms with Gasteiger partial charge in [-0.15, -0.1) is 0 Å². The van der Waals surface area contributed by atoms with Gasteiger partial charge in [0.2, 0.25) is 11.8 Å². The van der Waals surface area contributed by atoms with Gasteiger partial charge in [-0.1, -0.05) is 30.3 Å². The second-order valence-electron chi connectivity index (χ2n) is 8.51. The smallest absolute Gasteiger partial charge is 0.228 e. The zero-order chi connectivity index (χ0) is 22.5. The standard InChI is InChI=1S/C25H31N5O2/c1-19(11-12-20-8-4-3-5-9-20)26-23(31)13-14-25(32)29-16-7-17-30-24(29)18-21(27-30)22-10-6-15-28(22)2/h3-6,8-10,15,18-19H,7,11-14,16-17H2,1-2H3,(H,26,31). The first-order valence-electron chi connectivity index (χ1n) is 11.3. The molecular formula is C25H31N5O2. The van der Waals surface area contributed by atoms with Crippen LogP contribution in [0.25, 0.3) is 11.4 Å². The van der Waals surface area contributed by atoms with Crippen molar-refractivity contribution in [3.05, 3.63) is 60.3 Å². The summed E-state index contributed by atoms with van der Waals surface area (Å²) in [5.41, 5.74) is 3.14. The number of nitrogens with zero attached hydrogens (tertiary/aromatic N) is 4. The fourth-order valence-corrected chi connectivity index (χ4v) is 4.19. The summed E-state index contributed by atoms with van der Waals surface area (Å²) in [6.45, 7) is 3.46. The molecule has 3 heterocycles. The number of aromatic nitrogens is 3. The molecule has 1 aliphatic heterocycles. The molecule has 1 N–H and O–H groups in total. The molecule has 1 atom stereocenters. The summed E-state index contributed by atoms with van der Waals surface area (Å²) in [5.74, 6) is 0.708. The molecule has 168 valence electrons. The molecule has 1 aliphatic rings. The Morgan fingerprint density at radius 2 is 1.91 bits per heavy atom. The maximum absolute atomic E-state index is 12.9. The van der Waals surface area contributed by atoms with Crippen LogP contribution in [0.1, 0.15) is 38.2 Å². The topological polar surface area (TPSA) is 72.2 Å². The molecule has 0 fully saturated rings. The maximum Gasteiger partial charge on any atom is 0.228 e. The number of hydrogen-bond acceptors (Lipinski definition) is 3. The first-order valence-corrected chi connectivity index (χ1v) is 11.3. The van der Waals surface area contributed by atoms with Gasteiger partial charge < -0.3 is 9.88 Å². The summed E-state index contributed by atoms with van der Waals surface area (Å²) in [4.78, 5) is 27.1. The van der Waals surface area contributed by atoms with Gasteiger partial charge in [0.1, 0.15) is 11.5 Å². The van der Waals surface area contributed by atoms with Crippen molar-refractivity contribution in [2.24, 2.45) is 7.05 Å². The van der Waals surface area contributed by atoms with E-state index in [9.17, 15) is 9.59 Å². The molecule has 1 unspecified atom stereocenters. The lowest BCUT2D eigenvalue weighted by Gasteiger charge is -2.27. The SMILES string of the molecule is CC(CCc1ccccc1)NC(=O)CCC(=O)N1CCCn2nc(-c3cccn3C)cc21. The number of carbonyl (C=O) groups excluding carboxylic acids is 2. The normalized spacial score (nSPS) is 14.1. The zero-order valence-electron chi connectivity index (χ0n) is 18.8. The molecule has 3 aromatic rings. The van der Waals surface area contributed by atoms with E-state index in [1.165, 1.54) is 5.56 Å². The van der Waals surface area contributed by atoms with Gasteiger partial charge in [-0.2, -0.15) is 5.10 Å². The average Bonchev–Trinajstić information content (AvgIpc) is 3.42. The number of carbonyl (C=O) groups is 2. The highest BCUT2D eigenvalue weighted by molar-refractivity contribution is 5.95. The molecule has 2 amide bonds. The number of fused-ring (bicyclic) bond motifs is 1. The Kier molecular flexibility index (Phi) is 6.73. The summed E-state index contributed by atoms with van der Waals surface area (Å²) >= 11 is 0. The highest BCUT2D eigenvalue weighted by Crippen LogP contribution is 2.28. The lowest BCUT2D eigenvalue weighted by atomic mass is 10.1. The Hall–Kier alpha value is -3.35. The van der Waals surface area contributed by atoms with Gasteiger partial charge in [0.25, 0.3) is 0 Å². The third-order valence-corrected chi connectivity index (χ3v) is 5.98. The van der Waals surface area contributed by atoms with Crippen LogP contribution in [0.15, 0.2) is 54.7 Å². The molecule has 2 aromatic heterocycles. The van der Waals surface area contributed by atoms with E-state index in [2.05, 4.69) is 22.5 Å². The maximum atomic E-state index is 12.9. The molecule has 7 heteroatoms. The quantitative estimate of drug-likeness (QED) is 0.591. The van der Waals surface area contributed by atoms with Crippen molar-refractivity contribution < 1.29 is 9.59 Å². The van der Waals surface area contributed by atoms with Gasteiger partial charge in [-0.3, -0.25) is 14.5 Å². The van der Waals surface area contributed by atoms with E-state index in [0.717, 1.165) is 43.0 Å². The van der Waals surface area contributed by atoms with Crippen LogP contribution in [0.2, 0.25) is 0 Å². The molecule has 0 aliphatic carbocycles. The average molecular weight is 434 g/mol. The summed E-state index contributed by atoms with van der Waals surface area (Å²) in [6.07, 6.45) is 5.02. The molecule has 4 rings (SSSR count). The second-order valence-corrected chi connectivity index (χ2v) is 8.51. The minimum atomic E-state index is -0.0751. The van der Waals surface area contributed by atoms with Crippen molar-refractivity contribution in [1.82, 2.24) is 19.7 Å². The molecule has 0 radical (unpaired) electrons. The molecular weight excluding hydrogens is 402 g/mol. The molecule has 7 nitrogen and oxygen atoms in total. The van der Waals surface area contributed by atoms with Crippen LogP contribution in [0, 0.1) is 0 Å². The van der Waals surface area contributed by atoms with E-state index in [4.69, 9.17) is 0 Å². The van der Waals surface area contributed by atoms with E-state index >= 15 is 0 Å². The highest BCUT2D eigenvalue weighted by Gasteiger charge is 2.25. The van der Waals surface area contributed by atoms with Crippen molar-refractivity contribution in [2.45, 2.75) is 51.6 Å². The Balaban J connectivity index is 1.29. The van der Waals surface area contributed by atoms with Crippen LogP contribution in [0.3, 0.4) is 0 Å². The number of amides is 2. The Morgan fingerprint density at radius 3 is 2.66 bits per heavy atom. The van der Waals surface area contributed by atoms with Gasteiger partial charge in [-0.05, 0) is 43.9 Å². The Bertz CT molecular complexity index is 1070. The number of benzene rings is 1. The molecule has 0 saturated carbocycles. The predicted molar refractivity (Wildman–Crippen MR) is 125 cm³/mol. The summed E-state index contributed by atoms with van der Waals surface area (Å²) in [7, 11) is 1.98. The van der Waals surface area contributed by atoms with Gasteiger partial charge >= 0.3 is 0 Å². The van der Waals surface area contributed by atoms with Crippen molar-refractivity contribution in [2.75, 3.05) is 11.4 Å². The van der Waals surface area contributed by atoms with Crippen LogP contribution < -0.4 is 10.2 Å². The van der Waals surface area contributed by atoms with Crippen molar-refractivity contribution in [1.29, 1.82) is 0 Å². The van der Waals surface area contributed by atoms with Gasteiger partial charge in [-0.25, -0.2) is 4.68 Å². The number of hydrogen-bond donors (Lipinski definition) is 1. The van der Waals surface area contributed by atoms with E-state index in [-0.39, 0.29) is 30.7 Å². The lowest BCUT2D eigenvalue weighted by Crippen LogP contribution is -2.39. The first kappa shape index (κ1) is 21.9. The van der Waals surface area contributed by atoms with E-state index in [1.54, 1.807) is 4.90 Å². The third-order valence-electron chi connectivity index (χ3n) is 5.98. The van der Waals surface area contributed by atoms with E-state index in [1.807, 2.05) is 65.8 Å². The summed E-state index contributed by atoms with van der Waals surface area (Å²) in [6, 6.07) is 16.3. The fraction of sp³-hybridized carbons (Fsp3) is 0.400. The first-order chi connectivity index (χ1) is 15.5. The summed E-state index contributed by atoms with van der Waals surface area (Å²) < 4.78 is 3.92. The molecule has 32 heavy (non-hydrogen) atoms. The second kappa shape index (κ2) is 9.85. The predicted octanol–water partition coefficient (Wildman–Crippen LogP) is 3.54. The number of anilines is 1. The minimum absolute atomic E-state index is 0.0311. The van der Waals surface area contributed by atoms with Crippen molar-refractivity contribution in [3.8, 4) is 11.4 Å². The van der Waals surface area contributed by atoms with Gasteiger partial charge in [0.15, 0.2) is 0 Å². The van der Waals surface area contributed by atoms with E-state index in [0.29, 0.717) is 6.54 Å². The van der Waals surface area contributed by atoms with Gasteiger partial charge in [0, 0.05) is 51.3 Å². The zero-order valence-corrected chi connectivity index (χ0v) is 18.8. The van der Waals surface area contributed by atoms with Crippen LogP contribution in [0.5, 0.6) is 0 Å². The van der Waals surface area contributed by atoms with Crippen LogP contribution in [0.4, 0.5) is 5.82 Å². The van der Waals surface area contributed by atoms with Crippen LogP contribution >= 0.6 is 0 Å². The van der Waals surface area contributed by atoms with E-state index < -0.39 is 0 Å².